The van der Waals surface area contributed by atoms with E-state index in [1.165, 1.54) is 11.8 Å². The van der Waals surface area contributed by atoms with Crippen LogP contribution < -0.4 is 18.9 Å². The van der Waals surface area contributed by atoms with Crippen molar-refractivity contribution in [2.45, 2.75) is 17.8 Å². The lowest BCUT2D eigenvalue weighted by Gasteiger charge is -2.26. The third kappa shape index (κ3) is 3.84. The Bertz CT molecular complexity index is 1150. The lowest BCUT2D eigenvalue weighted by Crippen LogP contribution is -2.25. The van der Waals surface area contributed by atoms with Crippen LogP contribution in [0.4, 0.5) is 0 Å². The van der Waals surface area contributed by atoms with Crippen LogP contribution in [0.3, 0.4) is 0 Å². The van der Waals surface area contributed by atoms with Gasteiger partial charge in [0.25, 0.3) is 0 Å². The lowest BCUT2D eigenvalue weighted by atomic mass is 10.1. The monoisotopic (exact) mass is 437 g/mol. The summed E-state index contributed by atoms with van der Waals surface area (Å²) in [6, 6.07) is 12.7. The molecule has 31 heavy (non-hydrogen) atoms. The topological polar surface area (TPSA) is 84.7 Å². The van der Waals surface area contributed by atoms with Gasteiger partial charge in [-0.3, -0.25) is 9.36 Å². The first-order valence-electron chi connectivity index (χ1n) is 9.71. The van der Waals surface area contributed by atoms with Crippen molar-refractivity contribution in [3.63, 3.8) is 0 Å². The quantitative estimate of drug-likeness (QED) is 0.314. The molecule has 0 saturated heterocycles. The molecule has 9 heteroatoms. The number of benzene rings is 2. The van der Waals surface area contributed by atoms with Crippen LogP contribution in [-0.2, 0) is 6.54 Å². The molecule has 0 amide bonds. The molecule has 2 aliphatic heterocycles. The summed E-state index contributed by atoms with van der Waals surface area (Å²) >= 11 is 1.32. The van der Waals surface area contributed by atoms with Crippen molar-refractivity contribution < 1.29 is 23.7 Å². The molecule has 2 aliphatic rings. The van der Waals surface area contributed by atoms with Crippen LogP contribution in [-0.4, -0.2) is 39.7 Å². The maximum absolute atomic E-state index is 12.7. The molecule has 0 fully saturated rings. The highest BCUT2D eigenvalue weighted by Crippen LogP contribution is 2.36. The van der Waals surface area contributed by atoms with Crippen molar-refractivity contribution in [3.05, 3.63) is 66.5 Å². The SMILES string of the molecule is C=CCn1c(SCC(=O)c2ccc3c(c2)OCO3)nnc1C1COc2ccccc2O1. The van der Waals surface area contributed by atoms with E-state index in [0.29, 0.717) is 52.7 Å². The average molecular weight is 437 g/mol. The van der Waals surface area contributed by atoms with Gasteiger partial charge < -0.3 is 18.9 Å². The molecule has 8 nitrogen and oxygen atoms in total. The highest BCUT2D eigenvalue weighted by Gasteiger charge is 2.28. The molecule has 0 radical (unpaired) electrons. The van der Waals surface area contributed by atoms with Crippen molar-refractivity contribution in [2.75, 3.05) is 19.2 Å². The summed E-state index contributed by atoms with van der Waals surface area (Å²) in [5.74, 6) is 3.41. The molecule has 1 unspecified atom stereocenters. The highest BCUT2D eigenvalue weighted by atomic mass is 32.2. The van der Waals surface area contributed by atoms with Gasteiger partial charge in [0.2, 0.25) is 6.79 Å². The largest absolute Gasteiger partial charge is 0.485 e. The molecular weight excluding hydrogens is 418 g/mol. The minimum atomic E-state index is -0.402. The first-order valence-corrected chi connectivity index (χ1v) is 10.7. The summed E-state index contributed by atoms with van der Waals surface area (Å²) < 4.78 is 24.4. The van der Waals surface area contributed by atoms with Gasteiger partial charge in [0.15, 0.2) is 45.9 Å². The van der Waals surface area contributed by atoms with E-state index in [-0.39, 0.29) is 18.3 Å². The molecule has 0 bridgehead atoms. The number of fused-ring (bicyclic) bond motifs is 2. The summed E-state index contributed by atoms with van der Waals surface area (Å²) in [7, 11) is 0. The van der Waals surface area contributed by atoms with Crippen LogP contribution in [0.2, 0.25) is 0 Å². The van der Waals surface area contributed by atoms with Crippen molar-refractivity contribution in [3.8, 4) is 23.0 Å². The molecule has 158 valence electrons. The Labute approximate surface area is 182 Å². The van der Waals surface area contributed by atoms with E-state index in [4.69, 9.17) is 18.9 Å². The Hall–Kier alpha value is -3.46. The van der Waals surface area contributed by atoms with Crippen molar-refractivity contribution in [1.29, 1.82) is 0 Å². The molecule has 1 aromatic heterocycles. The van der Waals surface area contributed by atoms with Crippen LogP contribution >= 0.6 is 11.8 Å². The van der Waals surface area contributed by atoms with Crippen molar-refractivity contribution >= 4 is 17.5 Å². The first-order chi connectivity index (χ1) is 15.2. The third-order valence-electron chi connectivity index (χ3n) is 4.88. The number of ether oxygens (including phenoxy) is 4. The van der Waals surface area contributed by atoms with Crippen molar-refractivity contribution in [2.24, 2.45) is 0 Å². The number of aromatic nitrogens is 3. The summed E-state index contributed by atoms with van der Waals surface area (Å²) in [5, 5.41) is 9.22. The van der Waals surface area contributed by atoms with Crippen molar-refractivity contribution in [1.82, 2.24) is 14.8 Å². The average Bonchev–Trinajstić information content (AvgIpc) is 3.44. The molecule has 0 aliphatic carbocycles. The van der Waals surface area contributed by atoms with Crippen LogP contribution in [0.15, 0.2) is 60.3 Å². The van der Waals surface area contributed by atoms with Crippen LogP contribution in [0.5, 0.6) is 23.0 Å². The van der Waals surface area contributed by atoms with Gasteiger partial charge in [-0.25, -0.2) is 0 Å². The number of hydrogen-bond donors (Lipinski definition) is 0. The van der Waals surface area contributed by atoms with Gasteiger partial charge in [-0.1, -0.05) is 30.0 Å². The van der Waals surface area contributed by atoms with E-state index in [2.05, 4.69) is 16.8 Å². The van der Waals surface area contributed by atoms with Gasteiger partial charge in [-0.15, -0.1) is 16.8 Å². The second-order valence-corrected chi connectivity index (χ2v) is 7.83. The number of carbonyl (C=O) groups excluding carboxylic acids is 1. The van der Waals surface area contributed by atoms with Gasteiger partial charge in [0, 0.05) is 12.1 Å². The Morgan fingerprint density at radius 2 is 1.90 bits per heavy atom. The number of carbonyl (C=O) groups is 1. The third-order valence-corrected chi connectivity index (χ3v) is 5.85. The van der Waals surface area contributed by atoms with Gasteiger partial charge in [-0.2, -0.15) is 0 Å². The zero-order chi connectivity index (χ0) is 21.2. The predicted molar refractivity (Wildman–Crippen MR) is 113 cm³/mol. The molecule has 0 saturated carbocycles. The molecule has 5 rings (SSSR count). The smallest absolute Gasteiger partial charge is 0.231 e. The summed E-state index contributed by atoms with van der Waals surface area (Å²) in [6.07, 6.45) is 1.36. The number of para-hydroxylation sites is 2. The second-order valence-electron chi connectivity index (χ2n) is 6.88. The fourth-order valence-corrected chi connectivity index (χ4v) is 4.23. The molecule has 0 spiro atoms. The van der Waals surface area contributed by atoms with E-state index in [0.717, 1.165) is 0 Å². The number of thioether (sulfide) groups is 1. The number of ketones is 1. The Morgan fingerprint density at radius 3 is 2.77 bits per heavy atom. The summed E-state index contributed by atoms with van der Waals surface area (Å²) in [4.78, 5) is 12.7. The molecule has 2 aromatic carbocycles. The highest BCUT2D eigenvalue weighted by molar-refractivity contribution is 7.99. The minimum Gasteiger partial charge on any atom is -0.485 e. The zero-order valence-corrected chi connectivity index (χ0v) is 17.3. The van der Waals surface area contributed by atoms with E-state index < -0.39 is 6.10 Å². The van der Waals surface area contributed by atoms with Crippen LogP contribution in [0.25, 0.3) is 0 Å². The van der Waals surface area contributed by atoms with E-state index >= 15 is 0 Å². The van der Waals surface area contributed by atoms with E-state index in [1.54, 1.807) is 24.3 Å². The number of rotatable bonds is 7. The van der Waals surface area contributed by atoms with Gasteiger partial charge in [0.05, 0.1) is 5.75 Å². The van der Waals surface area contributed by atoms with E-state index in [9.17, 15) is 4.79 Å². The predicted octanol–water partition coefficient (Wildman–Crippen LogP) is 3.68. The van der Waals surface area contributed by atoms with Crippen LogP contribution in [0, 0.1) is 0 Å². The normalized spacial score (nSPS) is 16.2. The zero-order valence-electron chi connectivity index (χ0n) is 16.5. The molecule has 3 heterocycles. The summed E-state index contributed by atoms with van der Waals surface area (Å²) in [5.41, 5.74) is 0.562. The number of nitrogens with zero attached hydrogens (tertiary/aromatic N) is 3. The molecule has 3 aromatic rings. The Balaban J connectivity index is 1.31. The number of allylic oxidation sites excluding steroid dienone is 1. The standard InChI is InChI=1S/C22H19N3O5S/c1-2-9-25-21(20-11-27-16-5-3-4-6-18(16)30-20)23-24-22(25)31-12-15(26)14-7-8-17-19(10-14)29-13-28-17/h2-8,10,20H,1,9,11-13H2. The fourth-order valence-electron chi connectivity index (χ4n) is 3.38. The Kier molecular flexibility index (Phi) is 5.25. The van der Waals surface area contributed by atoms with Gasteiger partial charge >= 0.3 is 0 Å². The maximum Gasteiger partial charge on any atom is 0.231 e. The molecular formula is C22H19N3O5S. The first kappa shape index (κ1) is 19.5. The minimum absolute atomic E-state index is 0.0378. The number of hydrogen-bond acceptors (Lipinski definition) is 8. The number of Topliss-reactive ketones (excluding diaryl/α,β-unsaturated/α-hetero) is 1. The lowest BCUT2D eigenvalue weighted by molar-refractivity contribution is 0.0821. The summed E-state index contributed by atoms with van der Waals surface area (Å²) in [6.45, 7) is 4.81. The Morgan fingerprint density at radius 1 is 1.10 bits per heavy atom. The van der Waals surface area contributed by atoms with Gasteiger partial charge in [-0.05, 0) is 30.3 Å². The fraction of sp³-hybridized carbons (Fsp3) is 0.227. The maximum atomic E-state index is 12.7. The second kappa shape index (κ2) is 8.35. The molecule has 0 N–H and O–H groups in total. The van der Waals surface area contributed by atoms with Gasteiger partial charge in [0.1, 0.15) is 6.61 Å². The molecule has 1 atom stereocenters. The van der Waals surface area contributed by atoms with Crippen LogP contribution in [0.1, 0.15) is 22.3 Å². The van der Waals surface area contributed by atoms with E-state index in [1.807, 2.05) is 28.8 Å².